The van der Waals surface area contributed by atoms with Crippen LogP contribution in [0.5, 0.6) is 17.2 Å². The number of hydrogen-bond donors (Lipinski definition) is 2. The van der Waals surface area contributed by atoms with E-state index in [2.05, 4.69) is 0 Å². The maximum atomic E-state index is 11.9. The molecule has 0 saturated heterocycles. The van der Waals surface area contributed by atoms with E-state index < -0.39 is 0 Å². The topological polar surface area (TPSA) is 87.6 Å². The van der Waals surface area contributed by atoms with Crippen LogP contribution in [-0.4, -0.2) is 11.9 Å². The van der Waals surface area contributed by atoms with E-state index in [1.54, 1.807) is 36.4 Å². The van der Waals surface area contributed by atoms with E-state index in [0.29, 0.717) is 40.6 Å². The van der Waals surface area contributed by atoms with Gasteiger partial charge in [-0.25, -0.2) is 0 Å². The highest BCUT2D eigenvalue weighted by Gasteiger charge is 2.23. The minimum Gasteiger partial charge on any atom is -0.489 e. The van der Waals surface area contributed by atoms with Gasteiger partial charge in [0.1, 0.15) is 23.4 Å². The first kappa shape index (κ1) is 13.3. The van der Waals surface area contributed by atoms with Gasteiger partial charge in [-0.2, -0.15) is 0 Å². The van der Waals surface area contributed by atoms with Crippen LogP contribution in [0.4, 0.5) is 11.4 Å². The molecular weight excluding hydrogens is 268 g/mol. The SMILES string of the molecule is CC1CC(=O)c2ccc(Oc3cc(N)cc(N)c3)cc2O1. The third-order valence-electron chi connectivity index (χ3n) is 3.24. The molecule has 0 radical (unpaired) electrons. The van der Waals surface area contributed by atoms with Gasteiger partial charge in [-0.05, 0) is 25.1 Å². The molecule has 0 aromatic heterocycles. The Morgan fingerprint density at radius 1 is 1.10 bits per heavy atom. The molecular formula is C16H16N2O3. The lowest BCUT2D eigenvalue weighted by atomic mass is 10.0. The minimum absolute atomic E-state index is 0.0866. The van der Waals surface area contributed by atoms with Crippen LogP contribution in [0.1, 0.15) is 23.7 Å². The molecule has 5 nitrogen and oxygen atoms in total. The molecule has 0 amide bonds. The van der Waals surface area contributed by atoms with E-state index in [1.807, 2.05) is 6.92 Å². The Balaban J connectivity index is 1.90. The molecule has 0 saturated carbocycles. The fourth-order valence-electron chi connectivity index (χ4n) is 2.36. The number of nitrogens with two attached hydrogens (primary N) is 2. The summed E-state index contributed by atoms with van der Waals surface area (Å²) in [5.41, 5.74) is 13.1. The van der Waals surface area contributed by atoms with Gasteiger partial charge in [0.25, 0.3) is 0 Å². The number of rotatable bonds is 2. The second-order valence-electron chi connectivity index (χ2n) is 5.15. The van der Waals surface area contributed by atoms with E-state index in [1.165, 1.54) is 0 Å². The highest BCUT2D eigenvalue weighted by molar-refractivity contribution is 6.00. The molecule has 1 atom stereocenters. The first-order chi connectivity index (χ1) is 10.0. The zero-order chi connectivity index (χ0) is 15.0. The number of Topliss-reactive ketones (excluding diaryl/α,β-unsaturated/α-hetero) is 1. The number of ketones is 1. The van der Waals surface area contributed by atoms with Crippen molar-refractivity contribution in [2.45, 2.75) is 19.4 Å². The van der Waals surface area contributed by atoms with Crippen LogP contribution in [0, 0.1) is 0 Å². The van der Waals surface area contributed by atoms with E-state index in [0.717, 1.165) is 0 Å². The number of carbonyl (C=O) groups excluding carboxylic acids is 1. The van der Waals surface area contributed by atoms with Gasteiger partial charge in [0, 0.05) is 36.0 Å². The van der Waals surface area contributed by atoms with E-state index in [4.69, 9.17) is 20.9 Å². The maximum Gasteiger partial charge on any atom is 0.170 e. The Bertz CT molecular complexity index is 692. The monoisotopic (exact) mass is 284 g/mol. The number of hydrogen-bond acceptors (Lipinski definition) is 5. The molecule has 0 bridgehead atoms. The van der Waals surface area contributed by atoms with Crippen molar-refractivity contribution in [2.75, 3.05) is 11.5 Å². The predicted octanol–water partition coefficient (Wildman–Crippen LogP) is 3.00. The predicted molar refractivity (Wildman–Crippen MR) is 80.8 cm³/mol. The molecule has 1 aliphatic heterocycles. The molecule has 2 aromatic carbocycles. The number of ether oxygens (including phenoxy) is 2. The molecule has 1 heterocycles. The van der Waals surface area contributed by atoms with Crippen molar-refractivity contribution in [3.8, 4) is 17.2 Å². The van der Waals surface area contributed by atoms with E-state index in [-0.39, 0.29) is 11.9 Å². The summed E-state index contributed by atoms with van der Waals surface area (Å²) in [6.07, 6.45) is 0.280. The normalized spacial score (nSPS) is 17.0. The fourth-order valence-corrected chi connectivity index (χ4v) is 2.36. The average Bonchev–Trinajstić information content (AvgIpc) is 2.36. The minimum atomic E-state index is -0.122. The number of anilines is 2. The summed E-state index contributed by atoms with van der Waals surface area (Å²) in [5.74, 6) is 1.75. The molecule has 0 fully saturated rings. The summed E-state index contributed by atoms with van der Waals surface area (Å²) in [5, 5.41) is 0. The Morgan fingerprint density at radius 3 is 2.52 bits per heavy atom. The smallest absolute Gasteiger partial charge is 0.170 e. The summed E-state index contributed by atoms with van der Waals surface area (Å²) in [4.78, 5) is 11.9. The quantitative estimate of drug-likeness (QED) is 0.828. The second-order valence-corrected chi connectivity index (χ2v) is 5.15. The van der Waals surface area contributed by atoms with Gasteiger partial charge >= 0.3 is 0 Å². The second kappa shape index (κ2) is 5.01. The number of nitrogen functional groups attached to an aromatic ring is 2. The lowest BCUT2D eigenvalue weighted by molar-refractivity contribution is 0.0870. The third kappa shape index (κ3) is 2.76. The summed E-state index contributed by atoms with van der Waals surface area (Å²) in [6, 6.07) is 10.2. The van der Waals surface area contributed by atoms with Crippen molar-refractivity contribution in [1.82, 2.24) is 0 Å². The largest absolute Gasteiger partial charge is 0.489 e. The Kier molecular flexibility index (Phi) is 3.17. The standard InChI is InChI=1S/C16H16N2O3/c1-9-4-15(19)14-3-2-12(8-16(14)20-9)21-13-6-10(17)5-11(18)7-13/h2-3,5-9H,4,17-18H2,1H3. The summed E-state index contributed by atoms with van der Waals surface area (Å²) < 4.78 is 11.4. The Hall–Kier alpha value is -2.69. The van der Waals surface area contributed by atoms with E-state index >= 15 is 0 Å². The van der Waals surface area contributed by atoms with Gasteiger partial charge in [-0.15, -0.1) is 0 Å². The van der Waals surface area contributed by atoms with Crippen LogP contribution in [0.25, 0.3) is 0 Å². The zero-order valence-corrected chi connectivity index (χ0v) is 11.6. The van der Waals surface area contributed by atoms with E-state index in [9.17, 15) is 4.79 Å². The Morgan fingerprint density at radius 2 is 1.81 bits per heavy atom. The van der Waals surface area contributed by atoms with Gasteiger partial charge in [-0.3, -0.25) is 4.79 Å². The molecule has 3 rings (SSSR count). The van der Waals surface area contributed by atoms with Crippen LogP contribution in [0.15, 0.2) is 36.4 Å². The molecule has 108 valence electrons. The van der Waals surface area contributed by atoms with Gasteiger partial charge in [0.15, 0.2) is 5.78 Å². The molecule has 21 heavy (non-hydrogen) atoms. The highest BCUT2D eigenvalue weighted by Crippen LogP contribution is 2.34. The van der Waals surface area contributed by atoms with Crippen LogP contribution in [0.2, 0.25) is 0 Å². The zero-order valence-electron chi connectivity index (χ0n) is 11.6. The number of fused-ring (bicyclic) bond motifs is 1. The average molecular weight is 284 g/mol. The molecule has 1 unspecified atom stereocenters. The van der Waals surface area contributed by atoms with Gasteiger partial charge in [0.05, 0.1) is 5.56 Å². The number of benzene rings is 2. The molecule has 5 heteroatoms. The van der Waals surface area contributed by atoms with Crippen molar-refractivity contribution >= 4 is 17.2 Å². The lowest BCUT2D eigenvalue weighted by Gasteiger charge is -2.22. The van der Waals surface area contributed by atoms with Gasteiger partial charge < -0.3 is 20.9 Å². The first-order valence-corrected chi connectivity index (χ1v) is 6.69. The molecule has 1 aliphatic rings. The molecule has 0 spiro atoms. The highest BCUT2D eigenvalue weighted by atomic mass is 16.5. The molecule has 4 N–H and O–H groups in total. The van der Waals surface area contributed by atoms with Crippen molar-refractivity contribution in [3.63, 3.8) is 0 Å². The number of carbonyl (C=O) groups is 1. The van der Waals surface area contributed by atoms with Crippen LogP contribution in [0.3, 0.4) is 0 Å². The van der Waals surface area contributed by atoms with Crippen molar-refractivity contribution < 1.29 is 14.3 Å². The summed E-state index contributed by atoms with van der Waals surface area (Å²) >= 11 is 0. The van der Waals surface area contributed by atoms with Gasteiger partial charge in [-0.1, -0.05) is 0 Å². The Labute approximate surface area is 122 Å². The third-order valence-corrected chi connectivity index (χ3v) is 3.24. The summed E-state index contributed by atoms with van der Waals surface area (Å²) in [6.45, 7) is 1.87. The summed E-state index contributed by atoms with van der Waals surface area (Å²) in [7, 11) is 0. The van der Waals surface area contributed by atoms with Crippen molar-refractivity contribution in [1.29, 1.82) is 0 Å². The maximum absolute atomic E-state index is 11.9. The van der Waals surface area contributed by atoms with Crippen LogP contribution in [-0.2, 0) is 0 Å². The lowest BCUT2D eigenvalue weighted by Crippen LogP contribution is -2.23. The first-order valence-electron chi connectivity index (χ1n) is 6.69. The molecule has 0 aliphatic carbocycles. The van der Waals surface area contributed by atoms with Crippen LogP contribution >= 0.6 is 0 Å². The fraction of sp³-hybridized carbons (Fsp3) is 0.188. The van der Waals surface area contributed by atoms with Gasteiger partial charge in [0.2, 0.25) is 0 Å². The van der Waals surface area contributed by atoms with Crippen molar-refractivity contribution in [2.24, 2.45) is 0 Å². The van der Waals surface area contributed by atoms with Crippen molar-refractivity contribution in [3.05, 3.63) is 42.0 Å². The molecule has 2 aromatic rings. The van der Waals surface area contributed by atoms with Crippen LogP contribution < -0.4 is 20.9 Å².